The molecule has 2 nitrogen and oxygen atoms in total. The van der Waals surface area contributed by atoms with E-state index in [1.807, 2.05) is 42.5 Å². The highest BCUT2D eigenvalue weighted by Gasteiger charge is 2.20. The van der Waals surface area contributed by atoms with Crippen molar-refractivity contribution in [2.24, 2.45) is 0 Å². The van der Waals surface area contributed by atoms with Crippen molar-refractivity contribution in [1.82, 2.24) is 0 Å². The molecule has 3 heteroatoms. The van der Waals surface area contributed by atoms with Crippen molar-refractivity contribution >= 4 is 44.9 Å². The summed E-state index contributed by atoms with van der Waals surface area (Å²) < 4.78 is 0. The van der Waals surface area contributed by atoms with Gasteiger partial charge in [0.25, 0.3) is 0 Å². The van der Waals surface area contributed by atoms with Crippen LogP contribution in [-0.2, 0) is 0 Å². The van der Waals surface area contributed by atoms with Crippen LogP contribution in [0.1, 0.15) is 0 Å². The van der Waals surface area contributed by atoms with E-state index in [0.29, 0.717) is 5.46 Å². The fourth-order valence-electron chi connectivity index (χ4n) is 3.99. The van der Waals surface area contributed by atoms with Crippen LogP contribution < -0.4 is 5.46 Å². The molecular weight excluding hydrogens is 331 g/mol. The molecule has 0 heterocycles. The van der Waals surface area contributed by atoms with Gasteiger partial charge < -0.3 is 10.0 Å². The lowest BCUT2D eigenvalue weighted by Crippen LogP contribution is -2.31. The molecule has 0 aliphatic rings. The zero-order valence-electron chi connectivity index (χ0n) is 14.6. The van der Waals surface area contributed by atoms with Gasteiger partial charge in [-0.3, -0.25) is 0 Å². The number of rotatable bonds is 2. The van der Waals surface area contributed by atoms with E-state index in [1.165, 1.54) is 5.39 Å². The van der Waals surface area contributed by atoms with Crippen LogP contribution in [0.25, 0.3) is 43.4 Å². The standard InChI is InChI=1S/C24H17BO2/c26-25(27)23-13-12-19-14-17-7-1-2-8-18(17)15-22(19)24(23)21-11-5-9-16-6-3-4-10-20(16)21/h1-15,26-27H. The number of fused-ring (bicyclic) bond motifs is 3. The molecule has 0 unspecified atom stereocenters. The second kappa shape index (κ2) is 6.24. The Morgan fingerprint density at radius 2 is 1.19 bits per heavy atom. The van der Waals surface area contributed by atoms with Crippen molar-refractivity contribution in [2.75, 3.05) is 0 Å². The third-order valence-electron chi connectivity index (χ3n) is 5.26. The summed E-state index contributed by atoms with van der Waals surface area (Å²) in [5.41, 5.74) is 2.41. The summed E-state index contributed by atoms with van der Waals surface area (Å²) in [6.07, 6.45) is 0. The molecule has 0 aliphatic heterocycles. The summed E-state index contributed by atoms with van der Waals surface area (Å²) >= 11 is 0. The lowest BCUT2D eigenvalue weighted by molar-refractivity contribution is 0.426. The zero-order valence-corrected chi connectivity index (χ0v) is 14.6. The minimum absolute atomic E-state index is 0.522. The average molecular weight is 348 g/mol. The fraction of sp³-hybridized carbons (Fsp3) is 0. The smallest absolute Gasteiger partial charge is 0.423 e. The summed E-state index contributed by atoms with van der Waals surface area (Å²) in [5, 5.41) is 26.8. The topological polar surface area (TPSA) is 40.5 Å². The van der Waals surface area contributed by atoms with Crippen LogP contribution in [-0.4, -0.2) is 17.2 Å². The van der Waals surface area contributed by atoms with E-state index in [1.54, 1.807) is 0 Å². The van der Waals surface area contributed by atoms with E-state index in [4.69, 9.17) is 0 Å². The van der Waals surface area contributed by atoms with Gasteiger partial charge in [-0.1, -0.05) is 78.9 Å². The summed E-state index contributed by atoms with van der Waals surface area (Å²) in [6.45, 7) is 0. The lowest BCUT2D eigenvalue weighted by Gasteiger charge is -2.16. The van der Waals surface area contributed by atoms with Gasteiger partial charge >= 0.3 is 7.12 Å². The van der Waals surface area contributed by atoms with E-state index in [9.17, 15) is 10.0 Å². The molecule has 0 saturated heterocycles. The Bertz CT molecular complexity index is 1300. The number of hydrogen-bond acceptors (Lipinski definition) is 2. The zero-order chi connectivity index (χ0) is 18.4. The van der Waals surface area contributed by atoms with Crippen LogP contribution in [0.5, 0.6) is 0 Å². The summed E-state index contributed by atoms with van der Waals surface area (Å²) in [4.78, 5) is 0. The normalized spacial score (nSPS) is 11.3. The Morgan fingerprint density at radius 3 is 1.96 bits per heavy atom. The number of hydrogen-bond donors (Lipinski definition) is 2. The third-order valence-corrected chi connectivity index (χ3v) is 5.26. The maximum atomic E-state index is 10.1. The second-order valence-electron chi connectivity index (χ2n) is 6.85. The quantitative estimate of drug-likeness (QED) is 0.364. The Labute approximate surface area is 157 Å². The molecule has 0 atom stereocenters. The maximum Gasteiger partial charge on any atom is 0.489 e. The molecule has 0 radical (unpaired) electrons. The van der Waals surface area contributed by atoms with Crippen molar-refractivity contribution in [3.63, 3.8) is 0 Å². The molecule has 5 rings (SSSR count). The molecule has 2 N–H and O–H groups in total. The molecule has 0 aromatic heterocycles. The highest BCUT2D eigenvalue weighted by atomic mass is 16.4. The van der Waals surface area contributed by atoms with Gasteiger partial charge in [0.1, 0.15) is 0 Å². The Morgan fingerprint density at radius 1 is 0.519 bits per heavy atom. The van der Waals surface area contributed by atoms with Gasteiger partial charge in [-0.25, -0.2) is 0 Å². The first-order chi connectivity index (χ1) is 13.2. The van der Waals surface area contributed by atoms with E-state index in [-0.39, 0.29) is 0 Å². The molecule has 128 valence electrons. The minimum Gasteiger partial charge on any atom is -0.423 e. The largest absolute Gasteiger partial charge is 0.489 e. The second-order valence-corrected chi connectivity index (χ2v) is 6.85. The van der Waals surface area contributed by atoms with Crippen LogP contribution in [0.2, 0.25) is 0 Å². The van der Waals surface area contributed by atoms with Crippen LogP contribution in [0.4, 0.5) is 0 Å². The van der Waals surface area contributed by atoms with Gasteiger partial charge in [-0.2, -0.15) is 0 Å². The predicted octanol–water partition coefficient (Wildman–Crippen LogP) is 4.49. The summed E-state index contributed by atoms with van der Waals surface area (Å²) in [5.74, 6) is 0. The van der Waals surface area contributed by atoms with Crippen molar-refractivity contribution in [1.29, 1.82) is 0 Å². The van der Waals surface area contributed by atoms with Gasteiger partial charge in [0.2, 0.25) is 0 Å². The molecule has 0 bridgehead atoms. The van der Waals surface area contributed by atoms with E-state index in [2.05, 4.69) is 48.5 Å². The van der Waals surface area contributed by atoms with Crippen molar-refractivity contribution in [2.45, 2.75) is 0 Å². The first-order valence-corrected chi connectivity index (χ1v) is 9.02. The Hall–Kier alpha value is -3.14. The minimum atomic E-state index is -1.53. The Kier molecular flexibility index (Phi) is 3.71. The van der Waals surface area contributed by atoms with Crippen LogP contribution in [0.15, 0.2) is 91.0 Å². The highest BCUT2D eigenvalue weighted by Crippen LogP contribution is 2.34. The molecule has 0 amide bonds. The Balaban J connectivity index is 1.96. The van der Waals surface area contributed by atoms with Gasteiger partial charge in [-0.05, 0) is 61.0 Å². The van der Waals surface area contributed by atoms with E-state index in [0.717, 1.165) is 38.1 Å². The third kappa shape index (κ3) is 2.60. The maximum absolute atomic E-state index is 10.1. The van der Waals surface area contributed by atoms with Crippen LogP contribution in [0.3, 0.4) is 0 Å². The molecule has 0 saturated carbocycles. The van der Waals surface area contributed by atoms with Crippen molar-refractivity contribution in [3.05, 3.63) is 91.0 Å². The monoisotopic (exact) mass is 348 g/mol. The van der Waals surface area contributed by atoms with Crippen molar-refractivity contribution in [3.8, 4) is 11.1 Å². The molecule has 0 fully saturated rings. The van der Waals surface area contributed by atoms with E-state index >= 15 is 0 Å². The van der Waals surface area contributed by atoms with Gasteiger partial charge in [-0.15, -0.1) is 0 Å². The molecule has 5 aromatic rings. The number of benzene rings is 5. The summed E-state index contributed by atoms with van der Waals surface area (Å²) in [7, 11) is -1.53. The molecular formula is C24H17BO2. The van der Waals surface area contributed by atoms with Crippen LogP contribution in [0, 0.1) is 0 Å². The lowest BCUT2D eigenvalue weighted by atomic mass is 9.73. The predicted molar refractivity (Wildman–Crippen MR) is 114 cm³/mol. The fourth-order valence-corrected chi connectivity index (χ4v) is 3.99. The molecule has 0 aliphatic carbocycles. The highest BCUT2D eigenvalue weighted by molar-refractivity contribution is 6.61. The van der Waals surface area contributed by atoms with E-state index < -0.39 is 7.12 Å². The SMILES string of the molecule is OB(O)c1ccc2cc3ccccc3cc2c1-c1cccc2ccccc12. The molecule has 5 aromatic carbocycles. The van der Waals surface area contributed by atoms with Crippen LogP contribution >= 0.6 is 0 Å². The van der Waals surface area contributed by atoms with Gasteiger partial charge in [0.05, 0.1) is 0 Å². The first-order valence-electron chi connectivity index (χ1n) is 9.02. The van der Waals surface area contributed by atoms with Gasteiger partial charge in [0, 0.05) is 0 Å². The first kappa shape index (κ1) is 16.1. The molecule has 27 heavy (non-hydrogen) atoms. The molecule has 0 spiro atoms. The average Bonchev–Trinajstić information content (AvgIpc) is 2.71. The van der Waals surface area contributed by atoms with Gasteiger partial charge in [0.15, 0.2) is 0 Å². The summed E-state index contributed by atoms with van der Waals surface area (Å²) in [6, 6.07) is 30.7. The van der Waals surface area contributed by atoms with Crippen molar-refractivity contribution < 1.29 is 10.0 Å².